The number of unbranched alkanes of at least 4 members (excludes halogenated alkanes) is 6. The molecular weight excluding hydrogens is 1250 g/mol. The third kappa shape index (κ3) is 16.1. The highest BCUT2D eigenvalue weighted by atomic mass is 16.6. The minimum absolute atomic E-state index is 0.115. The van der Waals surface area contributed by atoms with E-state index in [4.69, 9.17) is 28.4 Å². The molecule has 0 saturated carbocycles. The standard InChI is InChI=1S/C88H78O12/c1-3-81(89)97-55-19-7-5-17-53-95-79-49-41-67(42-50-79)65-29-33-69(34-30-65)85(91)99-83(87(93,75-45-37-61-21-9-13-25-71(61)57-75)76-46-38-62-22-10-14-26-72(62)58-76)84(88(94,77-47-39-63-23-11-15-27-73(63)59-77)78-48-40-64-24-12-16-28-74(64)60-78)100-86(92)70-35-31-66(32-36-70)68-43-51-80(52-44-68)96-54-18-6-8-20-56-98-82(90)4-2/h3-4,9-16,21-52,57-60,83-84,93-94H,1-2,5-8,17-20,53-56H2/t83-,84-/m1/s1. The molecule has 12 nitrogen and oxygen atoms in total. The Hall–Kier alpha value is -11.4. The Morgan fingerprint density at radius 1 is 0.320 bits per heavy atom. The van der Waals surface area contributed by atoms with Crippen molar-refractivity contribution >= 4 is 67.0 Å². The zero-order valence-electron chi connectivity index (χ0n) is 55.6. The molecule has 0 aliphatic rings. The van der Waals surface area contributed by atoms with Crippen molar-refractivity contribution in [1.82, 2.24) is 0 Å². The predicted molar refractivity (Wildman–Crippen MR) is 394 cm³/mol. The second-order valence-electron chi connectivity index (χ2n) is 24.9. The monoisotopic (exact) mass is 1330 g/mol. The van der Waals surface area contributed by atoms with E-state index in [0.717, 1.165) is 129 Å². The second-order valence-corrected chi connectivity index (χ2v) is 24.9. The number of hydrogen-bond donors (Lipinski definition) is 2. The fourth-order valence-corrected chi connectivity index (χ4v) is 12.8. The summed E-state index contributed by atoms with van der Waals surface area (Å²) in [6.45, 7) is 8.63. The van der Waals surface area contributed by atoms with Gasteiger partial charge in [-0.25, -0.2) is 19.2 Å². The number of aliphatic hydroxyl groups is 2. The summed E-state index contributed by atoms with van der Waals surface area (Å²) in [5.74, 6) is -1.18. The van der Waals surface area contributed by atoms with Gasteiger partial charge in [0.15, 0.2) is 23.4 Å². The van der Waals surface area contributed by atoms with Gasteiger partial charge in [0.05, 0.1) is 37.6 Å². The molecule has 12 heteroatoms. The van der Waals surface area contributed by atoms with Crippen LogP contribution >= 0.6 is 0 Å². The third-order valence-corrected chi connectivity index (χ3v) is 18.4. The van der Waals surface area contributed by atoms with Crippen LogP contribution in [0.25, 0.3) is 65.3 Å². The summed E-state index contributed by atoms with van der Waals surface area (Å²) >= 11 is 0. The van der Waals surface area contributed by atoms with Crippen molar-refractivity contribution in [3.8, 4) is 33.8 Å². The lowest BCUT2D eigenvalue weighted by atomic mass is 9.71. The molecule has 0 bridgehead atoms. The fraction of sp³-hybridized carbons (Fsp3) is 0.182. The van der Waals surface area contributed by atoms with E-state index in [1.165, 1.54) is 0 Å². The van der Waals surface area contributed by atoms with Gasteiger partial charge in [-0.15, -0.1) is 0 Å². The van der Waals surface area contributed by atoms with Gasteiger partial charge in [0.1, 0.15) is 11.5 Å². The highest BCUT2D eigenvalue weighted by molar-refractivity contribution is 5.93. The van der Waals surface area contributed by atoms with Crippen molar-refractivity contribution in [2.75, 3.05) is 26.4 Å². The van der Waals surface area contributed by atoms with Crippen LogP contribution in [0, 0.1) is 0 Å². The van der Waals surface area contributed by atoms with Crippen molar-refractivity contribution < 1.29 is 57.8 Å². The highest BCUT2D eigenvalue weighted by Crippen LogP contribution is 2.48. The summed E-state index contributed by atoms with van der Waals surface area (Å²) < 4.78 is 36.5. The van der Waals surface area contributed by atoms with E-state index in [1.54, 1.807) is 48.5 Å². The first kappa shape index (κ1) is 68.5. The number of carbonyl (C=O) groups excluding carboxylic acids is 4. The number of fused-ring (bicyclic) bond motifs is 4. The molecule has 12 aromatic rings. The number of carbonyl (C=O) groups is 4. The number of ether oxygens (including phenoxy) is 6. The number of rotatable bonds is 31. The first-order valence-corrected chi connectivity index (χ1v) is 34.0. The summed E-state index contributed by atoms with van der Waals surface area (Å²) in [7, 11) is 0. The molecule has 100 heavy (non-hydrogen) atoms. The van der Waals surface area contributed by atoms with E-state index in [2.05, 4.69) is 13.2 Å². The molecule has 0 amide bonds. The molecule has 0 aliphatic heterocycles. The molecule has 12 aromatic carbocycles. The van der Waals surface area contributed by atoms with Crippen LogP contribution < -0.4 is 9.47 Å². The van der Waals surface area contributed by atoms with E-state index in [1.807, 2.05) is 218 Å². The van der Waals surface area contributed by atoms with Crippen molar-refractivity contribution in [2.45, 2.75) is 74.8 Å². The van der Waals surface area contributed by atoms with Crippen LogP contribution in [0.15, 0.2) is 292 Å². The maximum atomic E-state index is 15.8. The topological polar surface area (TPSA) is 164 Å². The zero-order valence-corrected chi connectivity index (χ0v) is 55.6. The van der Waals surface area contributed by atoms with Gasteiger partial charge in [-0.1, -0.05) is 207 Å². The maximum Gasteiger partial charge on any atom is 0.338 e. The van der Waals surface area contributed by atoms with Gasteiger partial charge >= 0.3 is 23.9 Å². The lowest BCUT2D eigenvalue weighted by molar-refractivity contribution is -0.171. The van der Waals surface area contributed by atoms with Gasteiger partial charge in [-0.05, 0) is 212 Å². The van der Waals surface area contributed by atoms with Gasteiger partial charge in [-0.3, -0.25) is 0 Å². The SMILES string of the molecule is C=CC(=O)OCCCCCCOc1ccc(-c2ccc(C(=O)O[C@H]([C@@H](OC(=O)c3ccc(-c4ccc(OCCCCCCOC(=O)C=C)cc4)cc3)C(O)(c3ccc4ccccc4c3)c3ccc4ccccc4c3)C(O)(c3ccc4ccccc4c3)c3ccc4ccccc4c3)cc2)cc1. The van der Waals surface area contributed by atoms with Gasteiger partial charge in [0.25, 0.3) is 0 Å². The third-order valence-electron chi connectivity index (χ3n) is 18.4. The number of hydrogen-bond acceptors (Lipinski definition) is 12. The Kier molecular flexibility index (Phi) is 22.1. The largest absolute Gasteiger partial charge is 0.494 e. The molecule has 2 N–H and O–H groups in total. The molecule has 0 unspecified atom stereocenters. The minimum atomic E-state index is -2.44. The first-order chi connectivity index (χ1) is 48.9. The Morgan fingerprint density at radius 3 is 0.860 bits per heavy atom. The van der Waals surface area contributed by atoms with Crippen molar-refractivity contribution in [3.05, 3.63) is 326 Å². The Balaban J connectivity index is 0.937. The Morgan fingerprint density at radius 2 is 0.580 bits per heavy atom. The molecule has 0 aromatic heterocycles. The molecule has 0 saturated heterocycles. The summed E-state index contributed by atoms with van der Waals surface area (Å²) in [6, 6.07) is 82.4. The smallest absolute Gasteiger partial charge is 0.338 e. The van der Waals surface area contributed by atoms with Crippen LogP contribution in [0.3, 0.4) is 0 Å². The molecule has 12 rings (SSSR count). The summed E-state index contributed by atoms with van der Waals surface area (Å²) in [5, 5.41) is 36.4. The zero-order chi connectivity index (χ0) is 69.3. The van der Waals surface area contributed by atoms with Gasteiger partial charge in [-0.2, -0.15) is 0 Å². The predicted octanol–water partition coefficient (Wildman–Crippen LogP) is 18.6. The van der Waals surface area contributed by atoms with Crippen molar-refractivity contribution in [2.24, 2.45) is 0 Å². The quantitative estimate of drug-likeness (QED) is 0.0183. The molecule has 0 radical (unpaired) electrons. The molecule has 0 aliphatic carbocycles. The fourth-order valence-electron chi connectivity index (χ4n) is 12.8. The van der Waals surface area contributed by atoms with Gasteiger partial charge in [0.2, 0.25) is 0 Å². The van der Waals surface area contributed by atoms with E-state index in [0.29, 0.717) is 37.9 Å². The highest BCUT2D eigenvalue weighted by Gasteiger charge is 2.58. The molecule has 0 spiro atoms. The van der Waals surface area contributed by atoms with Crippen LogP contribution in [0.4, 0.5) is 0 Å². The lowest BCUT2D eigenvalue weighted by Crippen LogP contribution is -2.59. The van der Waals surface area contributed by atoms with E-state index < -0.39 is 47.3 Å². The van der Waals surface area contributed by atoms with Gasteiger partial charge < -0.3 is 38.6 Å². The molecule has 502 valence electrons. The van der Waals surface area contributed by atoms with E-state index >= 15 is 9.59 Å². The number of esters is 4. The van der Waals surface area contributed by atoms with E-state index in [9.17, 15) is 19.8 Å². The lowest BCUT2D eigenvalue weighted by Gasteiger charge is -2.46. The van der Waals surface area contributed by atoms with Crippen molar-refractivity contribution in [3.63, 3.8) is 0 Å². The average molecular weight is 1330 g/mol. The first-order valence-electron chi connectivity index (χ1n) is 34.0. The average Bonchev–Trinajstić information content (AvgIpc) is 0.721. The molecular formula is C88H78O12. The summed E-state index contributed by atoms with van der Waals surface area (Å²) in [5.41, 5.74) is -0.184. The van der Waals surface area contributed by atoms with Crippen LogP contribution in [0.1, 0.15) is 94.3 Å². The summed E-state index contributed by atoms with van der Waals surface area (Å²) in [6.07, 6.45) is 5.20. The molecule has 0 heterocycles. The van der Waals surface area contributed by atoms with E-state index in [-0.39, 0.29) is 33.4 Å². The van der Waals surface area contributed by atoms with Crippen LogP contribution in [0.5, 0.6) is 11.5 Å². The maximum absolute atomic E-state index is 15.8. The van der Waals surface area contributed by atoms with Gasteiger partial charge in [0, 0.05) is 12.2 Å². The molecule has 0 fully saturated rings. The normalized spacial score (nSPS) is 12.1. The minimum Gasteiger partial charge on any atom is -0.494 e. The van der Waals surface area contributed by atoms with Crippen molar-refractivity contribution in [1.29, 1.82) is 0 Å². The summed E-state index contributed by atoms with van der Waals surface area (Å²) in [4.78, 5) is 54.4. The van der Waals surface area contributed by atoms with Crippen LogP contribution in [0.2, 0.25) is 0 Å². The molecule has 2 atom stereocenters. The number of benzene rings is 12. The Bertz CT molecular complexity index is 4380. The van der Waals surface area contributed by atoms with Crippen LogP contribution in [-0.4, -0.2) is 72.7 Å². The second kappa shape index (κ2) is 32.3. The van der Waals surface area contributed by atoms with Crippen LogP contribution in [-0.2, 0) is 39.7 Å². The Labute approximate surface area is 582 Å².